The lowest BCUT2D eigenvalue weighted by Gasteiger charge is -2.08. The Balaban J connectivity index is 2.32. The van der Waals surface area contributed by atoms with Gasteiger partial charge in [-0.2, -0.15) is 0 Å². The van der Waals surface area contributed by atoms with Crippen LogP contribution < -0.4 is 0 Å². The number of aliphatic carboxylic acids is 2. The highest BCUT2D eigenvalue weighted by atomic mass is 35.5. The molecule has 0 fully saturated rings. The minimum absolute atomic E-state index is 0.0573. The van der Waals surface area contributed by atoms with Gasteiger partial charge in [-0.3, -0.25) is 9.59 Å². The van der Waals surface area contributed by atoms with Crippen LogP contribution in [-0.2, 0) is 20.9 Å². The maximum atomic E-state index is 10.6. The van der Waals surface area contributed by atoms with Gasteiger partial charge in [0.15, 0.2) is 5.92 Å². The normalized spacial score (nSPS) is 10.6. The molecule has 0 unspecified atom stereocenters. The first-order valence-corrected chi connectivity index (χ1v) is 5.66. The maximum Gasteiger partial charge on any atom is 0.317 e. The predicted molar refractivity (Wildman–Crippen MR) is 64.5 cm³/mol. The van der Waals surface area contributed by atoms with Gasteiger partial charge in [0.05, 0.1) is 6.61 Å². The zero-order valence-corrected chi connectivity index (χ0v) is 10.3. The highest BCUT2D eigenvalue weighted by Crippen LogP contribution is 2.11. The third kappa shape index (κ3) is 4.73. The van der Waals surface area contributed by atoms with Gasteiger partial charge in [-0.25, -0.2) is 0 Å². The van der Waals surface area contributed by atoms with E-state index in [1.54, 1.807) is 24.3 Å². The summed E-state index contributed by atoms with van der Waals surface area (Å²) in [4.78, 5) is 21.2. The van der Waals surface area contributed by atoms with Crippen LogP contribution in [0.5, 0.6) is 0 Å². The highest BCUT2D eigenvalue weighted by Gasteiger charge is 2.24. The number of carboxylic acids is 2. The van der Waals surface area contributed by atoms with E-state index in [-0.39, 0.29) is 13.0 Å². The SMILES string of the molecule is O=C(O)C(CCOCc1ccc(Cl)cc1)C(=O)O. The Morgan fingerprint density at radius 2 is 1.72 bits per heavy atom. The predicted octanol–water partition coefficient (Wildman–Crippen LogP) is 2.03. The van der Waals surface area contributed by atoms with Crippen molar-refractivity contribution in [2.45, 2.75) is 13.0 Å². The van der Waals surface area contributed by atoms with Crippen molar-refractivity contribution in [2.75, 3.05) is 6.61 Å². The molecule has 1 aromatic carbocycles. The van der Waals surface area contributed by atoms with Gasteiger partial charge >= 0.3 is 11.9 Å². The molecule has 0 bridgehead atoms. The van der Waals surface area contributed by atoms with Gasteiger partial charge < -0.3 is 14.9 Å². The van der Waals surface area contributed by atoms with Crippen LogP contribution in [-0.4, -0.2) is 28.8 Å². The number of carboxylic acid groups (broad SMARTS) is 2. The van der Waals surface area contributed by atoms with Crippen LogP contribution in [0.2, 0.25) is 5.02 Å². The standard InChI is InChI=1S/C12H13ClO5/c13-9-3-1-8(2-4-9)7-18-6-5-10(11(14)15)12(16)17/h1-4,10H,5-7H2,(H,14,15)(H,16,17). The third-order valence-electron chi connectivity index (χ3n) is 2.33. The fraction of sp³-hybridized carbons (Fsp3) is 0.333. The number of ether oxygens (including phenoxy) is 1. The Hall–Kier alpha value is -1.59. The van der Waals surface area contributed by atoms with E-state index in [1.165, 1.54) is 0 Å². The Morgan fingerprint density at radius 1 is 1.17 bits per heavy atom. The van der Waals surface area contributed by atoms with Crippen molar-refractivity contribution in [2.24, 2.45) is 5.92 Å². The van der Waals surface area contributed by atoms with E-state index in [2.05, 4.69) is 0 Å². The van der Waals surface area contributed by atoms with Crippen molar-refractivity contribution in [3.63, 3.8) is 0 Å². The minimum Gasteiger partial charge on any atom is -0.481 e. The molecule has 0 heterocycles. The number of carbonyl (C=O) groups is 2. The van der Waals surface area contributed by atoms with Gasteiger partial charge in [0.25, 0.3) is 0 Å². The molecule has 0 aliphatic rings. The lowest BCUT2D eigenvalue weighted by Crippen LogP contribution is -2.24. The maximum absolute atomic E-state index is 10.6. The molecule has 98 valence electrons. The van der Waals surface area contributed by atoms with Gasteiger partial charge in [-0.1, -0.05) is 23.7 Å². The van der Waals surface area contributed by atoms with Crippen LogP contribution in [0.3, 0.4) is 0 Å². The van der Waals surface area contributed by atoms with Gasteiger partial charge in [-0.15, -0.1) is 0 Å². The molecular weight excluding hydrogens is 260 g/mol. The van der Waals surface area contributed by atoms with E-state index in [0.717, 1.165) is 5.56 Å². The average Bonchev–Trinajstić information content (AvgIpc) is 2.30. The molecule has 0 amide bonds. The molecule has 0 saturated carbocycles. The molecule has 5 nitrogen and oxygen atoms in total. The fourth-order valence-electron chi connectivity index (χ4n) is 1.32. The van der Waals surface area contributed by atoms with Crippen LogP contribution in [0.4, 0.5) is 0 Å². The smallest absolute Gasteiger partial charge is 0.317 e. The van der Waals surface area contributed by atoms with E-state index in [4.69, 9.17) is 26.6 Å². The second-order valence-corrected chi connectivity index (χ2v) is 4.13. The summed E-state index contributed by atoms with van der Waals surface area (Å²) >= 11 is 5.71. The number of halogens is 1. The van der Waals surface area contributed by atoms with E-state index >= 15 is 0 Å². The van der Waals surface area contributed by atoms with Crippen molar-refractivity contribution in [3.05, 3.63) is 34.9 Å². The number of hydrogen-bond acceptors (Lipinski definition) is 3. The first-order chi connectivity index (χ1) is 8.50. The zero-order chi connectivity index (χ0) is 13.5. The van der Waals surface area contributed by atoms with Gasteiger partial charge in [0.2, 0.25) is 0 Å². The van der Waals surface area contributed by atoms with Crippen LogP contribution in [0, 0.1) is 5.92 Å². The quantitative estimate of drug-likeness (QED) is 0.586. The molecule has 2 N–H and O–H groups in total. The van der Waals surface area contributed by atoms with Crippen molar-refractivity contribution in [3.8, 4) is 0 Å². The molecule has 0 aromatic heterocycles. The topological polar surface area (TPSA) is 83.8 Å². The van der Waals surface area contributed by atoms with Gasteiger partial charge in [0.1, 0.15) is 0 Å². The molecule has 1 aromatic rings. The monoisotopic (exact) mass is 272 g/mol. The number of hydrogen-bond donors (Lipinski definition) is 2. The summed E-state index contributed by atoms with van der Waals surface area (Å²) in [7, 11) is 0. The highest BCUT2D eigenvalue weighted by molar-refractivity contribution is 6.30. The zero-order valence-electron chi connectivity index (χ0n) is 9.51. The molecule has 0 aliphatic heterocycles. The van der Waals surface area contributed by atoms with Crippen molar-refractivity contribution in [1.29, 1.82) is 0 Å². The molecule has 0 spiro atoms. The van der Waals surface area contributed by atoms with Gasteiger partial charge in [-0.05, 0) is 24.1 Å². The summed E-state index contributed by atoms with van der Waals surface area (Å²) in [6.07, 6.45) is -0.0573. The van der Waals surface area contributed by atoms with E-state index in [0.29, 0.717) is 11.6 Å². The van der Waals surface area contributed by atoms with E-state index < -0.39 is 17.9 Å². The average molecular weight is 273 g/mol. The van der Waals surface area contributed by atoms with Crippen LogP contribution in [0.25, 0.3) is 0 Å². The molecule has 6 heteroatoms. The summed E-state index contributed by atoms with van der Waals surface area (Å²) in [5.41, 5.74) is 0.890. The van der Waals surface area contributed by atoms with Crippen molar-refractivity contribution < 1.29 is 24.5 Å². The van der Waals surface area contributed by atoms with Crippen LogP contribution in [0.15, 0.2) is 24.3 Å². The number of rotatable bonds is 7. The minimum atomic E-state index is -1.42. The molecular formula is C12H13ClO5. The molecule has 0 atom stereocenters. The third-order valence-corrected chi connectivity index (χ3v) is 2.58. The largest absolute Gasteiger partial charge is 0.481 e. The molecule has 0 aliphatic carbocycles. The Morgan fingerprint density at radius 3 is 2.22 bits per heavy atom. The molecule has 18 heavy (non-hydrogen) atoms. The lowest BCUT2D eigenvalue weighted by molar-refractivity contribution is -0.155. The second-order valence-electron chi connectivity index (χ2n) is 3.70. The fourth-order valence-corrected chi connectivity index (χ4v) is 1.45. The summed E-state index contributed by atoms with van der Waals surface area (Å²) in [5, 5.41) is 17.9. The Bertz CT molecular complexity index is 401. The van der Waals surface area contributed by atoms with Crippen LogP contribution >= 0.6 is 11.6 Å². The van der Waals surface area contributed by atoms with Crippen molar-refractivity contribution in [1.82, 2.24) is 0 Å². The first-order valence-electron chi connectivity index (χ1n) is 5.28. The molecule has 1 rings (SSSR count). The summed E-state index contributed by atoms with van der Waals surface area (Å²) in [5.74, 6) is -4.12. The van der Waals surface area contributed by atoms with Crippen LogP contribution in [0.1, 0.15) is 12.0 Å². The summed E-state index contributed by atoms with van der Waals surface area (Å²) in [6.45, 7) is 0.370. The summed E-state index contributed by atoms with van der Waals surface area (Å²) in [6, 6.07) is 7.01. The molecule has 0 saturated heterocycles. The first kappa shape index (κ1) is 14.5. The Kier molecular flexibility index (Phi) is 5.61. The number of benzene rings is 1. The van der Waals surface area contributed by atoms with E-state index in [9.17, 15) is 9.59 Å². The second kappa shape index (κ2) is 6.98. The lowest BCUT2D eigenvalue weighted by atomic mass is 10.1. The Labute approximate surface area is 109 Å². The van der Waals surface area contributed by atoms with Gasteiger partial charge in [0, 0.05) is 11.6 Å². The van der Waals surface area contributed by atoms with Crippen molar-refractivity contribution >= 4 is 23.5 Å². The molecule has 0 radical (unpaired) electrons. The summed E-state index contributed by atoms with van der Waals surface area (Å²) < 4.78 is 5.22. The van der Waals surface area contributed by atoms with E-state index in [1.807, 2.05) is 0 Å².